The monoisotopic (exact) mass is 437 g/mol. The lowest BCUT2D eigenvalue weighted by Gasteiger charge is -2.32. The first-order valence-electron chi connectivity index (χ1n) is 8.41. The van der Waals surface area contributed by atoms with Gasteiger partial charge in [0.15, 0.2) is 5.82 Å². The minimum absolute atomic E-state index is 0.378. The molecule has 0 amide bonds. The van der Waals surface area contributed by atoms with Crippen LogP contribution in [0.25, 0.3) is 26.7 Å². The smallest absolute Gasteiger partial charge is 0.229 e. The van der Waals surface area contributed by atoms with Crippen LogP contribution in [0.5, 0.6) is 0 Å². The molecule has 6 nitrogen and oxygen atoms in total. The number of aromatic nitrogens is 3. The molecule has 1 N–H and O–H groups in total. The number of nitrogens with one attached hydrogen (secondary N) is 1. The van der Waals surface area contributed by atoms with E-state index in [4.69, 9.17) is 34.5 Å². The maximum atomic E-state index is 13.2. The topological polar surface area (TPSA) is 58.4 Å². The first kappa shape index (κ1) is 19.2. The van der Waals surface area contributed by atoms with Crippen LogP contribution < -0.4 is 4.90 Å². The average Bonchev–Trinajstić information content (AvgIpc) is 3.35. The van der Waals surface area contributed by atoms with E-state index in [0.717, 1.165) is 9.88 Å². The Balaban J connectivity index is 1.91. The van der Waals surface area contributed by atoms with E-state index < -0.39 is 12.8 Å². The Morgan fingerprint density at radius 3 is 2.96 bits per heavy atom. The van der Waals surface area contributed by atoms with Gasteiger partial charge in [0.25, 0.3) is 0 Å². The molecule has 1 atom stereocenters. The number of nitrogens with zero attached hydrogens (tertiary/aromatic N) is 4. The third-order valence-electron chi connectivity index (χ3n) is 4.41. The Labute approximate surface area is 174 Å². The van der Waals surface area contributed by atoms with E-state index >= 15 is 0 Å². The summed E-state index contributed by atoms with van der Waals surface area (Å²) in [5.74, 6) is 0.539. The molecule has 144 valence electrons. The van der Waals surface area contributed by atoms with Crippen LogP contribution in [-0.2, 0) is 4.74 Å². The molecule has 3 heterocycles. The fraction of sp³-hybridized carbons (Fsp3) is 0.278. The molecule has 0 bridgehead atoms. The predicted octanol–water partition coefficient (Wildman–Crippen LogP) is 5.23. The number of benzene rings is 1. The molecule has 4 rings (SSSR count). The Bertz CT molecular complexity index is 1030. The highest BCUT2D eigenvalue weighted by Gasteiger charge is 2.30. The number of aromatic amines is 1. The first-order valence-corrected chi connectivity index (χ1v) is 9.98. The van der Waals surface area contributed by atoms with Crippen molar-refractivity contribution < 1.29 is 9.13 Å². The summed E-state index contributed by atoms with van der Waals surface area (Å²) < 4.78 is 18.6. The summed E-state index contributed by atoms with van der Waals surface area (Å²) in [7, 11) is 0. The SMILES string of the molecule is [C-]#[N+]c1c(N2CCOC(CF)C2)sc(-c2nnc[nH]2)c1-c1ccc(Cl)cc1Cl. The third kappa shape index (κ3) is 3.47. The van der Waals surface area contributed by atoms with E-state index in [-0.39, 0.29) is 0 Å². The number of hydrogen-bond acceptors (Lipinski definition) is 5. The predicted molar refractivity (Wildman–Crippen MR) is 109 cm³/mol. The second-order valence-electron chi connectivity index (χ2n) is 6.13. The summed E-state index contributed by atoms with van der Waals surface area (Å²) in [5.41, 5.74) is 1.79. The maximum Gasteiger partial charge on any atom is 0.229 e. The second kappa shape index (κ2) is 8.05. The summed E-state index contributed by atoms with van der Waals surface area (Å²) in [6.45, 7) is 8.61. The van der Waals surface area contributed by atoms with Crippen LogP contribution in [0.4, 0.5) is 15.1 Å². The number of anilines is 1. The molecule has 0 radical (unpaired) electrons. The highest BCUT2D eigenvalue weighted by atomic mass is 35.5. The molecule has 28 heavy (non-hydrogen) atoms. The lowest BCUT2D eigenvalue weighted by atomic mass is 10.0. The molecule has 1 saturated heterocycles. The summed E-state index contributed by atoms with van der Waals surface area (Å²) in [5, 5.41) is 9.66. The van der Waals surface area contributed by atoms with Crippen molar-refractivity contribution in [3.8, 4) is 21.8 Å². The maximum absolute atomic E-state index is 13.2. The van der Waals surface area contributed by atoms with E-state index in [2.05, 4.69) is 20.0 Å². The lowest BCUT2D eigenvalue weighted by Crippen LogP contribution is -2.43. The highest BCUT2D eigenvalue weighted by Crippen LogP contribution is 2.53. The van der Waals surface area contributed by atoms with E-state index in [0.29, 0.717) is 52.4 Å². The van der Waals surface area contributed by atoms with Crippen molar-refractivity contribution in [1.82, 2.24) is 15.2 Å². The minimum Gasteiger partial charge on any atom is -0.372 e. The number of rotatable bonds is 4. The summed E-state index contributed by atoms with van der Waals surface area (Å²) in [6.07, 6.45) is 0.971. The van der Waals surface area contributed by atoms with Gasteiger partial charge in [-0.2, -0.15) is 0 Å². The molecular weight excluding hydrogens is 424 g/mol. The van der Waals surface area contributed by atoms with Crippen LogP contribution in [0, 0.1) is 6.57 Å². The van der Waals surface area contributed by atoms with Crippen LogP contribution in [0.3, 0.4) is 0 Å². The number of ether oxygens (including phenoxy) is 1. The van der Waals surface area contributed by atoms with Gasteiger partial charge in [-0.05, 0) is 17.7 Å². The quantitative estimate of drug-likeness (QED) is 0.567. The van der Waals surface area contributed by atoms with Crippen LogP contribution >= 0.6 is 34.5 Å². The van der Waals surface area contributed by atoms with Gasteiger partial charge in [0, 0.05) is 28.7 Å². The summed E-state index contributed by atoms with van der Waals surface area (Å²) in [6, 6.07) is 5.15. The zero-order chi connectivity index (χ0) is 19.7. The van der Waals surface area contributed by atoms with Crippen molar-refractivity contribution >= 4 is 45.2 Å². The number of alkyl halides is 1. The zero-order valence-electron chi connectivity index (χ0n) is 14.5. The molecular formula is C18H14Cl2FN5OS. The summed E-state index contributed by atoms with van der Waals surface area (Å²) in [4.78, 5) is 9.52. The number of thiophene rings is 1. The van der Waals surface area contributed by atoms with Gasteiger partial charge in [-0.15, -0.1) is 21.5 Å². The molecule has 10 heteroatoms. The number of hydrogen-bond donors (Lipinski definition) is 1. The van der Waals surface area contributed by atoms with Gasteiger partial charge in [0.1, 0.15) is 19.1 Å². The Kier molecular flexibility index (Phi) is 5.51. The average molecular weight is 438 g/mol. The van der Waals surface area contributed by atoms with E-state index in [1.165, 1.54) is 17.7 Å². The van der Waals surface area contributed by atoms with E-state index in [1.807, 2.05) is 4.90 Å². The molecule has 1 aromatic carbocycles. The Morgan fingerprint density at radius 2 is 2.29 bits per heavy atom. The second-order valence-corrected chi connectivity index (χ2v) is 7.97. The van der Waals surface area contributed by atoms with Gasteiger partial charge < -0.3 is 14.6 Å². The van der Waals surface area contributed by atoms with Crippen molar-refractivity contribution in [1.29, 1.82) is 0 Å². The van der Waals surface area contributed by atoms with Crippen molar-refractivity contribution in [3.05, 3.63) is 46.0 Å². The van der Waals surface area contributed by atoms with Gasteiger partial charge >= 0.3 is 0 Å². The standard InChI is InChI=1S/C18H14Cl2FN5OS/c1-22-15-14(12-3-2-10(19)6-13(12)20)16(17-23-9-24-25-17)28-18(15)26-4-5-27-11(7-21)8-26/h2-3,6,9,11H,4-5,7-8H2,(H,23,24,25). The third-order valence-corrected chi connectivity index (χ3v) is 6.20. The minimum atomic E-state index is -0.569. The molecule has 1 aliphatic rings. The molecule has 0 spiro atoms. The van der Waals surface area contributed by atoms with Crippen molar-refractivity contribution in [2.24, 2.45) is 0 Å². The van der Waals surface area contributed by atoms with Crippen LogP contribution in [0.1, 0.15) is 0 Å². The van der Waals surface area contributed by atoms with Crippen molar-refractivity contribution in [2.45, 2.75) is 6.10 Å². The van der Waals surface area contributed by atoms with Gasteiger partial charge in [-0.25, -0.2) is 9.24 Å². The molecule has 3 aromatic rings. The van der Waals surface area contributed by atoms with Gasteiger partial charge in [0.2, 0.25) is 5.69 Å². The highest BCUT2D eigenvalue weighted by molar-refractivity contribution is 7.20. The lowest BCUT2D eigenvalue weighted by molar-refractivity contribution is 0.0250. The van der Waals surface area contributed by atoms with Crippen LogP contribution in [0.15, 0.2) is 24.5 Å². The van der Waals surface area contributed by atoms with Gasteiger partial charge in [-0.3, -0.25) is 0 Å². The molecule has 0 aliphatic carbocycles. The number of morpholine rings is 1. The molecule has 1 aliphatic heterocycles. The zero-order valence-corrected chi connectivity index (χ0v) is 16.8. The normalized spacial score (nSPS) is 16.9. The van der Waals surface area contributed by atoms with Crippen LogP contribution in [-0.4, -0.2) is 47.7 Å². The largest absolute Gasteiger partial charge is 0.372 e. The Hall–Kier alpha value is -2.18. The molecule has 0 saturated carbocycles. The fourth-order valence-electron chi connectivity index (χ4n) is 3.15. The van der Waals surface area contributed by atoms with Gasteiger partial charge in [0.05, 0.1) is 23.1 Å². The Morgan fingerprint density at radius 1 is 1.43 bits per heavy atom. The molecule has 1 fully saturated rings. The van der Waals surface area contributed by atoms with Crippen molar-refractivity contribution in [3.63, 3.8) is 0 Å². The van der Waals surface area contributed by atoms with E-state index in [1.54, 1.807) is 18.2 Å². The first-order chi connectivity index (χ1) is 13.6. The molecule has 2 aromatic heterocycles. The van der Waals surface area contributed by atoms with E-state index in [9.17, 15) is 4.39 Å². The fourth-order valence-corrected chi connectivity index (χ4v) is 4.89. The molecule has 1 unspecified atom stereocenters. The van der Waals surface area contributed by atoms with Crippen LogP contribution in [0.2, 0.25) is 10.0 Å². The number of H-pyrrole nitrogens is 1. The number of halogens is 3. The van der Waals surface area contributed by atoms with Gasteiger partial charge in [-0.1, -0.05) is 29.3 Å². The van der Waals surface area contributed by atoms with Crippen molar-refractivity contribution in [2.75, 3.05) is 31.3 Å². The summed E-state index contributed by atoms with van der Waals surface area (Å²) >= 11 is 13.9.